The number of benzene rings is 1. The van der Waals surface area contributed by atoms with Crippen LogP contribution in [0.2, 0.25) is 0 Å². The van der Waals surface area contributed by atoms with Crippen LogP contribution in [0.25, 0.3) is 0 Å². The molecular formula is C14H22N2O4S. The lowest BCUT2D eigenvalue weighted by molar-refractivity contribution is -0.140. The minimum Gasteiger partial charge on any atom is -0.469 e. The third kappa shape index (κ3) is 4.18. The topological polar surface area (TPSA) is 66.9 Å². The number of aryl methyl sites for hydroxylation is 2. The highest BCUT2D eigenvalue weighted by Crippen LogP contribution is 2.23. The summed E-state index contributed by atoms with van der Waals surface area (Å²) in [5.74, 6) is -0.439. The van der Waals surface area contributed by atoms with Crippen molar-refractivity contribution in [1.29, 1.82) is 0 Å². The van der Waals surface area contributed by atoms with Crippen LogP contribution in [-0.2, 0) is 19.7 Å². The van der Waals surface area contributed by atoms with Gasteiger partial charge in [0, 0.05) is 20.6 Å². The second-order valence-corrected chi connectivity index (χ2v) is 6.98. The molecule has 1 aromatic carbocycles. The number of rotatable bonds is 6. The van der Waals surface area contributed by atoms with Gasteiger partial charge in [-0.3, -0.25) is 9.10 Å². The molecule has 0 atom stereocenters. The summed E-state index contributed by atoms with van der Waals surface area (Å²) >= 11 is 0. The van der Waals surface area contributed by atoms with E-state index < -0.39 is 16.2 Å². The zero-order valence-electron chi connectivity index (χ0n) is 13.1. The highest BCUT2D eigenvalue weighted by atomic mass is 32.2. The second-order valence-electron chi connectivity index (χ2n) is 4.91. The maximum absolute atomic E-state index is 12.5. The number of methoxy groups -OCH3 is 1. The summed E-state index contributed by atoms with van der Waals surface area (Å²) < 4.78 is 31.8. The molecule has 118 valence electrons. The van der Waals surface area contributed by atoms with Crippen molar-refractivity contribution >= 4 is 21.9 Å². The van der Waals surface area contributed by atoms with Gasteiger partial charge in [0.25, 0.3) is 0 Å². The Hall–Kier alpha value is -1.60. The van der Waals surface area contributed by atoms with Crippen LogP contribution in [0.3, 0.4) is 0 Å². The molecule has 0 radical (unpaired) electrons. The summed E-state index contributed by atoms with van der Waals surface area (Å²) in [6.45, 7) is 3.89. The van der Waals surface area contributed by atoms with Crippen molar-refractivity contribution in [3.8, 4) is 0 Å². The molecule has 0 fully saturated rings. The predicted molar refractivity (Wildman–Crippen MR) is 82.5 cm³/mol. The molecule has 1 rings (SSSR count). The maximum Gasteiger partial charge on any atom is 0.306 e. The van der Waals surface area contributed by atoms with Gasteiger partial charge in [-0.2, -0.15) is 12.7 Å². The quantitative estimate of drug-likeness (QED) is 0.746. The van der Waals surface area contributed by atoms with E-state index in [0.717, 1.165) is 15.4 Å². The molecular weight excluding hydrogens is 292 g/mol. The Morgan fingerprint density at radius 2 is 1.86 bits per heavy atom. The number of ether oxygens (including phenoxy) is 1. The lowest BCUT2D eigenvalue weighted by Crippen LogP contribution is -2.41. The van der Waals surface area contributed by atoms with E-state index in [1.54, 1.807) is 6.07 Å². The van der Waals surface area contributed by atoms with Gasteiger partial charge in [0.1, 0.15) is 0 Å². The number of hydrogen-bond donors (Lipinski definition) is 0. The molecule has 0 aliphatic carbocycles. The standard InChI is InChI=1S/C14H22N2O4S/c1-11-6-7-13(12(2)10-11)16(4)21(18,19)15(3)9-8-14(17)20-5/h6-7,10H,8-9H2,1-5H3. The van der Waals surface area contributed by atoms with Gasteiger partial charge in [0.2, 0.25) is 0 Å². The molecule has 0 bridgehead atoms. The van der Waals surface area contributed by atoms with Gasteiger partial charge in [0.05, 0.1) is 19.2 Å². The molecule has 0 N–H and O–H groups in total. The summed E-state index contributed by atoms with van der Waals surface area (Å²) in [5.41, 5.74) is 2.56. The van der Waals surface area contributed by atoms with Crippen LogP contribution >= 0.6 is 0 Å². The molecule has 6 nitrogen and oxygen atoms in total. The average Bonchev–Trinajstić information content (AvgIpc) is 2.43. The van der Waals surface area contributed by atoms with Crippen molar-refractivity contribution in [3.05, 3.63) is 29.3 Å². The molecule has 7 heteroatoms. The van der Waals surface area contributed by atoms with Gasteiger partial charge >= 0.3 is 16.2 Å². The second kappa shape index (κ2) is 6.91. The van der Waals surface area contributed by atoms with E-state index >= 15 is 0 Å². The summed E-state index contributed by atoms with van der Waals surface area (Å²) in [6, 6.07) is 5.56. The molecule has 0 amide bonds. The number of esters is 1. The van der Waals surface area contributed by atoms with Gasteiger partial charge < -0.3 is 4.74 Å². The number of hydrogen-bond acceptors (Lipinski definition) is 4. The normalized spacial score (nSPS) is 11.5. The lowest BCUT2D eigenvalue weighted by atomic mass is 10.1. The highest BCUT2D eigenvalue weighted by molar-refractivity contribution is 7.90. The Bertz CT molecular complexity index is 613. The first-order valence-electron chi connectivity index (χ1n) is 6.54. The molecule has 0 saturated heterocycles. The van der Waals surface area contributed by atoms with Crippen LogP contribution in [0.4, 0.5) is 5.69 Å². The highest BCUT2D eigenvalue weighted by Gasteiger charge is 2.25. The van der Waals surface area contributed by atoms with Gasteiger partial charge in [-0.25, -0.2) is 0 Å². The van der Waals surface area contributed by atoms with E-state index in [-0.39, 0.29) is 13.0 Å². The molecule has 21 heavy (non-hydrogen) atoms. The van der Waals surface area contributed by atoms with Gasteiger partial charge in [-0.1, -0.05) is 17.7 Å². The minimum absolute atomic E-state index is 0.0208. The van der Waals surface area contributed by atoms with Crippen LogP contribution in [-0.4, -0.2) is 46.4 Å². The molecule has 0 spiro atoms. The SMILES string of the molecule is COC(=O)CCN(C)S(=O)(=O)N(C)c1ccc(C)cc1C. The van der Waals surface area contributed by atoms with Crippen LogP contribution in [0, 0.1) is 13.8 Å². The van der Waals surface area contributed by atoms with Gasteiger partial charge in [-0.15, -0.1) is 0 Å². The smallest absolute Gasteiger partial charge is 0.306 e. The summed E-state index contributed by atoms with van der Waals surface area (Å²) in [4.78, 5) is 11.1. The monoisotopic (exact) mass is 314 g/mol. The molecule has 0 heterocycles. The van der Waals surface area contributed by atoms with Crippen LogP contribution < -0.4 is 4.31 Å². The van der Waals surface area contributed by atoms with Crippen molar-refractivity contribution in [1.82, 2.24) is 4.31 Å². The molecule has 0 aliphatic rings. The average molecular weight is 314 g/mol. The number of nitrogens with zero attached hydrogens (tertiary/aromatic N) is 2. The zero-order chi connectivity index (χ0) is 16.2. The maximum atomic E-state index is 12.5. The molecule has 0 unspecified atom stereocenters. The van der Waals surface area contributed by atoms with Crippen molar-refractivity contribution in [2.24, 2.45) is 0 Å². The molecule has 0 aromatic heterocycles. The first-order valence-corrected chi connectivity index (χ1v) is 7.94. The number of carbonyl (C=O) groups excluding carboxylic acids is 1. The summed E-state index contributed by atoms with van der Waals surface area (Å²) in [6.07, 6.45) is 0.0208. The zero-order valence-corrected chi connectivity index (χ0v) is 13.9. The fourth-order valence-electron chi connectivity index (χ4n) is 1.96. The van der Waals surface area contributed by atoms with Crippen molar-refractivity contribution in [2.45, 2.75) is 20.3 Å². The summed E-state index contributed by atoms with van der Waals surface area (Å²) in [5, 5.41) is 0. The van der Waals surface area contributed by atoms with E-state index in [2.05, 4.69) is 4.74 Å². The van der Waals surface area contributed by atoms with E-state index in [4.69, 9.17) is 0 Å². The van der Waals surface area contributed by atoms with Gasteiger partial charge in [-0.05, 0) is 25.5 Å². The molecule has 0 saturated carbocycles. The van der Waals surface area contributed by atoms with Crippen LogP contribution in [0.5, 0.6) is 0 Å². The first-order chi connectivity index (χ1) is 9.70. The first kappa shape index (κ1) is 17.5. The Labute approximate surface area is 126 Å². The fourth-order valence-corrected chi connectivity index (χ4v) is 3.15. The van der Waals surface area contributed by atoms with E-state index in [9.17, 15) is 13.2 Å². The number of carbonyl (C=O) groups is 1. The fraction of sp³-hybridized carbons (Fsp3) is 0.500. The van der Waals surface area contributed by atoms with Crippen molar-refractivity contribution in [2.75, 3.05) is 32.1 Å². The van der Waals surface area contributed by atoms with E-state index in [1.807, 2.05) is 26.0 Å². The van der Waals surface area contributed by atoms with Crippen LogP contribution in [0.1, 0.15) is 17.5 Å². The minimum atomic E-state index is -3.67. The van der Waals surface area contributed by atoms with E-state index in [1.165, 1.54) is 25.5 Å². The van der Waals surface area contributed by atoms with E-state index in [0.29, 0.717) is 5.69 Å². The largest absolute Gasteiger partial charge is 0.469 e. The van der Waals surface area contributed by atoms with Crippen molar-refractivity contribution in [3.63, 3.8) is 0 Å². The lowest BCUT2D eigenvalue weighted by Gasteiger charge is -2.27. The third-order valence-electron chi connectivity index (χ3n) is 3.29. The van der Waals surface area contributed by atoms with Crippen LogP contribution in [0.15, 0.2) is 18.2 Å². The predicted octanol–water partition coefficient (Wildman–Crippen LogP) is 1.48. The summed E-state index contributed by atoms with van der Waals surface area (Å²) in [7, 11) is 0.548. The molecule has 1 aromatic rings. The third-order valence-corrected chi connectivity index (χ3v) is 5.15. The van der Waals surface area contributed by atoms with Crippen molar-refractivity contribution < 1.29 is 17.9 Å². The Kier molecular flexibility index (Phi) is 5.74. The Balaban J connectivity index is 2.93. The Morgan fingerprint density at radius 3 is 2.38 bits per heavy atom. The van der Waals surface area contributed by atoms with Gasteiger partial charge in [0.15, 0.2) is 0 Å². The number of anilines is 1. The molecule has 0 aliphatic heterocycles. The Morgan fingerprint density at radius 1 is 1.24 bits per heavy atom.